The molecule has 0 bridgehead atoms. The number of carboxylic acids is 1. The summed E-state index contributed by atoms with van der Waals surface area (Å²) in [6, 6.07) is 5.42. The molecule has 1 heterocycles. The molecule has 8 heteroatoms. The van der Waals surface area contributed by atoms with E-state index in [0.717, 1.165) is 5.56 Å². The molecule has 0 aromatic heterocycles. The van der Waals surface area contributed by atoms with Gasteiger partial charge in [0.25, 0.3) is 5.91 Å². The maximum absolute atomic E-state index is 12.7. The second-order valence-electron chi connectivity index (χ2n) is 6.56. The Labute approximate surface area is 158 Å². The SMILES string of the molecule is Cc1ccc(Cl)c(O[C@H](C)C(=O)N2CCO[C@H](CN(C)CC(=O)O)C2)c1. The predicted molar refractivity (Wildman–Crippen MR) is 97.7 cm³/mol. The fourth-order valence-electron chi connectivity index (χ4n) is 2.87. The van der Waals surface area contributed by atoms with Crippen LogP contribution in [-0.4, -0.2) is 78.8 Å². The summed E-state index contributed by atoms with van der Waals surface area (Å²) in [7, 11) is 1.71. The van der Waals surface area contributed by atoms with E-state index in [1.54, 1.807) is 35.9 Å². The van der Waals surface area contributed by atoms with Crippen molar-refractivity contribution in [2.75, 3.05) is 39.8 Å². The number of nitrogens with zero attached hydrogens (tertiary/aromatic N) is 2. The van der Waals surface area contributed by atoms with Crippen LogP contribution in [0.4, 0.5) is 0 Å². The Bertz CT molecular complexity index is 654. The van der Waals surface area contributed by atoms with Crippen molar-refractivity contribution >= 4 is 23.5 Å². The lowest BCUT2D eigenvalue weighted by Gasteiger charge is -2.35. The third-order valence-corrected chi connectivity index (χ3v) is 4.42. The topological polar surface area (TPSA) is 79.3 Å². The molecule has 1 aliphatic rings. The zero-order chi connectivity index (χ0) is 19.3. The molecule has 1 amide bonds. The van der Waals surface area contributed by atoms with Crippen molar-refractivity contribution < 1.29 is 24.2 Å². The molecule has 1 aromatic carbocycles. The Morgan fingerprint density at radius 2 is 2.23 bits per heavy atom. The summed E-state index contributed by atoms with van der Waals surface area (Å²) in [4.78, 5) is 26.8. The summed E-state index contributed by atoms with van der Waals surface area (Å²) in [5, 5.41) is 9.30. The van der Waals surface area contributed by atoms with Crippen molar-refractivity contribution in [3.63, 3.8) is 0 Å². The Morgan fingerprint density at radius 3 is 2.92 bits per heavy atom. The van der Waals surface area contributed by atoms with Crippen molar-refractivity contribution in [3.05, 3.63) is 28.8 Å². The van der Waals surface area contributed by atoms with Gasteiger partial charge >= 0.3 is 5.97 Å². The first-order chi connectivity index (χ1) is 12.3. The van der Waals surface area contributed by atoms with Crippen LogP contribution in [0.2, 0.25) is 5.02 Å². The normalized spacial score (nSPS) is 18.7. The number of carbonyl (C=O) groups excluding carboxylic acids is 1. The van der Waals surface area contributed by atoms with Crippen LogP contribution < -0.4 is 4.74 Å². The number of aryl methyl sites for hydroxylation is 1. The second kappa shape index (κ2) is 9.21. The van der Waals surface area contributed by atoms with Gasteiger partial charge in [-0.05, 0) is 38.6 Å². The first-order valence-corrected chi connectivity index (χ1v) is 8.87. The molecular formula is C18H25ClN2O5. The molecule has 1 saturated heterocycles. The van der Waals surface area contributed by atoms with Crippen molar-refractivity contribution in [3.8, 4) is 5.75 Å². The summed E-state index contributed by atoms with van der Waals surface area (Å²) >= 11 is 6.13. The lowest BCUT2D eigenvalue weighted by Crippen LogP contribution is -2.52. The Kier molecular flexibility index (Phi) is 7.25. The number of carbonyl (C=O) groups is 2. The third kappa shape index (κ3) is 5.86. The highest BCUT2D eigenvalue weighted by Gasteiger charge is 2.29. The summed E-state index contributed by atoms with van der Waals surface area (Å²) in [6.45, 7) is 5.28. The molecule has 1 N–H and O–H groups in total. The minimum atomic E-state index is -0.895. The van der Waals surface area contributed by atoms with Crippen LogP contribution in [-0.2, 0) is 14.3 Å². The van der Waals surface area contributed by atoms with E-state index in [-0.39, 0.29) is 18.6 Å². The first kappa shape index (κ1) is 20.5. The van der Waals surface area contributed by atoms with Crippen molar-refractivity contribution in [2.45, 2.75) is 26.1 Å². The number of ether oxygens (including phenoxy) is 2. The Morgan fingerprint density at radius 1 is 1.50 bits per heavy atom. The number of benzene rings is 1. The number of carboxylic acid groups (broad SMARTS) is 1. The van der Waals surface area contributed by atoms with E-state index in [2.05, 4.69) is 0 Å². The lowest BCUT2D eigenvalue weighted by atomic mass is 10.2. The van der Waals surface area contributed by atoms with Gasteiger partial charge in [0.05, 0.1) is 24.3 Å². The summed E-state index contributed by atoms with van der Waals surface area (Å²) in [6.07, 6.45) is -0.906. The van der Waals surface area contributed by atoms with Crippen LogP contribution in [0.1, 0.15) is 12.5 Å². The number of halogens is 1. The van der Waals surface area contributed by atoms with E-state index in [4.69, 9.17) is 26.2 Å². The molecule has 7 nitrogen and oxygen atoms in total. The van der Waals surface area contributed by atoms with Crippen LogP contribution in [0.5, 0.6) is 5.75 Å². The first-order valence-electron chi connectivity index (χ1n) is 8.49. The standard InChI is InChI=1S/C18H25ClN2O5/c1-12-4-5-15(19)16(8-12)26-13(2)18(24)21-6-7-25-14(10-21)9-20(3)11-17(22)23/h4-5,8,13-14H,6-7,9-11H2,1-3H3,(H,22,23)/t13-,14-/m1/s1. The maximum Gasteiger partial charge on any atom is 0.317 e. The van der Waals surface area contributed by atoms with E-state index in [1.165, 1.54) is 0 Å². The Balaban J connectivity index is 1.93. The minimum absolute atomic E-state index is 0.0703. The highest BCUT2D eigenvalue weighted by atomic mass is 35.5. The molecule has 0 spiro atoms. The number of rotatable bonds is 7. The fourth-order valence-corrected chi connectivity index (χ4v) is 3.03. The summed E-state index contributed by atoms with van der Waals surface area (Å²) in [5.74, 6) is -0.552. The smallest absolute Gasteiger partial charge is 0.317 e. The molecule has 2 rings (SSSR count). The molecule has 0 saturated carbocycles. The van der Waals surface area contributed by atoms with E-state index in [0.29, 0.717) is 37.0 Å². The molecule has 26 heavy (non-hydrogen) atoms. The number of aliphatic carboxylic acids is 1. The molecular weight excluding hydrogens is 360 g/mol. The van der Waals surface area contributed by atoms with E-state index < -0.39 is 12.1 Å². The quantitative estimate of drug-likeness (QED) is 0.770. The van der Waals surface area contributed by atoms with Gasteiger partial charge in [0.2, 0.25) is 0 Å². The molecule has 0 unspecified atom stereocenters. The average Bonchev–Trinajstić information content (AvgIpc) is 2.56. The summed E-state index contributed by atoms with van der Waals surface area (Å²) in [5.41, 5.74) is 0.997. The lowest BCUT2D eigenvalue weighted by molar-refractivity contribution is -0.147. The molecule has 0 aliphatic carbocycles. The van der Waals surface area contributed by atoms with Crippen molar-refractivity contribution in [1.29, 1.82) is 0 Å². The fraction of sp³-hybridized carbons (Fsp3) is 0.556. The second-order valence-corrected chi connectivity index (χ2v) is 6.97. The molecule has 1 aromatic rings. The average molecular weight is 385 g/mol. The number of likely N-dealkylation sites (N-methyl/N-ethyl adjacent to an activating group) is 1. The van der Waals surface area contributed by atoms with E-state index in [1.807, 2.05) is 13.0 Å². The van der Waals surface area contributed by atoms with Crippen LogP contribution in [0, 0.1) is 6.92 Å². The van der Waals surface area contributed by atoms with Gasteiger partial charge in [-0.15, -0.1) is 0 Å². The minimum Gasteiger partial charge on any atom is -0.480 e. The number of morpholine rings is 1. The molecule has 2 atom stereocenters. The predicted octanol–water partition coefficient (Wildman–Crippen LogP) is 1.66. The van der Waals surface area contributed by atoms with Gasteiger partial charge in [-0.25, -0.2) is 0 Å². The van der Waals surface area contributed by atoms with Crippen LogP contribution in [0.15, 0.2) is 18.2 Å². The molecule has 144 valence electrons. The van der Waals surface area contributed by atoms with Gasteiger partial charge < -0.3 is 19.5 Å². The zero-order valence-electron chi connectivity index (χ0n) is 15.3. The molecule has 1 aliphatic heterocycles. The highest BCUT2D eigenvalue weighted by Crippen LogP contribution is 2.26. The van der Waals surface area contributed by atoms with E-state index in [9.17, 15) is 9.59 Å². The van der Waals surface area contributed by atoms with Gasteiger partial charge in [0.15, 0.2) is 6.10 Å². The number of hydrogen-bond acceptors (Lipinski definition) is 5. The van der Waals surface area contributed by atoms with Crippen LogP contribution >= 0.6 is 11.6 Å². The molecule has 1 fully saturated rings. The van der Waals surface area contributed by atoms with Gasteiger partial charge in [0.1, 0.15) is 5.75 Å². The number of hydrogen-bond donors (Lipinski definition) is 1. The molecule has 0 radical (unpaired) electrons. The Hall–Kier alpha value is -1.83. The van der Waals surface area contributed by atoms with Gasteiger partial charge in [-0.3, -0.25) is 14.5 Å². The highest BCUT2D eigenvalue weighted by molar-refractivity contribution is 6.32. The van der Waals surface area contributed by atoms with Gasteiger partial charge in [0, 0.05) is 19.6 Å². The van der Waals surface area contributed by atoms with E-state index >= 15 is 0 Å². The zero-order valence-corrected chi connectivity index (χ0v) is 16.0. The maximum atomic E-state index is 12.7. The van der Waals surface area contributed by atoms with Crippen molar-refractivity contribution in [2.24, 2.45) is 0 Å². The van der Waals surface area contributed by atoms with Gasteiger partial charge in [-0.2, -0.15) is 0 Å². The van der Waals surface area contributed by atoms with Gasteiger partial charge in [-0.1, -0.05) is 17.7 Å². The van der Waals surface area contributed by atoms with Crippen LogP contribution in [0.25, 0.3) is 0 Å². The monoisotopic (exact) mass is 384 g/mol. The summed E-state index contributed by atoms with van der Waals surface area (Å²) < 4.78 is 11.4. The largest absolute Gasteiger partial charge is 0.480 e. The number of amides is 1. The van der Waals surface area contributed by atoms with Crippen LogP contribution in [0.3, 0.4) is 0 Å². The van der Waals surface area contributed by atoms with Crippen molar-refractivity contribution in [1.82, 2.24) is 9.80 Å². The third-order valence-electron chi connectivity index (χ3n) is 4.11.